The van der Waals surface area contributed by atoms with Crippen molar-refractivity contribution in [2.24, 2.45) is 0 Å². The Morgan fingerprint density at radius 1 is 1.40 bits per heavy atom. The highest BCUT2D eigenvalue weighted by Crippen LogP contribution is 2.34. The Morgan fingerprint density at radius 2 is 2.16 bits per heavy atom. The first-order chi connectivity index (χ1) is 11.7. The molecule has 0 spiro atoms. The topological polar surface area (TPSA) is 77.2 Å². The fourth-order valence-electron chi connectivity index (χ4n) is 2.80. The second-order valence-corrected chi connectivity index (χ2v) is 6.91. The molecule has 0 radical (unpaired) electrons. The van der Waals surface area contributed by atoms with E-state index in [2.05, 4.69) is 20.0 Å². The fraction of sp³-hybridized carbons (Fsp3) is 0.471. The quantitative estimate of drug-likeness (QED) is 0.897. The van der Waals surface area contributed by atoms with Crippen LogP contribution in [0.15, 0.2) is 22.7 Å². The molecule has 1 atom stereocenters. The number of hydrogen-bond donors (Lipinski definition) is 1. The van der Waals surface area contributed by atoms with Gasteiger partial charge in [-0.05, 0) is 50.8 Å². The molecule has 0 saturated carbocycles. The minimum Gasteiger partial charge on any atom is -0.444 e. The maximum Gasteiger partial charge on any atom is 0.408 e. The molecule has 0 unspecified atom stereocenters. The smallest absolute Gasteiger partial charge is 0.408 e. The van der Waals surface area contributed by atoms with E-state index in [1.807, 2.05) is 12.1 Å². The zero-order valence-corrected chi connectivity index (χ0v) is 14.2. The van der Waals surface area contributed by atoms with Crippen LogP contribution in [-0.4, -0.2) is 21.8 Å². The number of aryl methyl sites for hydroxylation is 1. The van der Waals surface area contributed by atoms with Gasteiger partial charge < -0.3 is 14.6 Å². The van der Waals surface area contributed by atoms with Gasteiger partial charge in [0, 0.05) is 5.56 Å². The first-order valence-electron chi connectivity index (χ1n) is 7.97. The summed E-state index contributed by atoms with van der Waals surface area (Å²) in [6.45, 7) is 5.42. The summed E-state index contributed by atoms with van der Waals surface area (Å²) in [6.07, 6.45) is -1.76. The van der Waals surface area contributed by atoms with Crippen LogP contribution in [0.1, 0.15) is 56.7 Å². The predicted octanol–water partition coefficient (Wildman–Crippen LogP) is 4.19. The number of carbonyl (C=O) groups is 1. The molecule has 0 fully saturated rings. The molecular formula is C17H19F2N3O3. The van der Waals surface area contributed by atoms with Gasteiger partial charge in [-0.1, -0.05) is 17.3 Å². The van der Waals surface area contributed by atoms with Crippen molar-refractivity contribution in [2.45, 2.75) is 51.7 Å². The lowest BCUT2D eigenvalue weighted by molar-refractivity contribution is 0.0503. The van der Waals surface area contributed by atoms with Crippen LogP contribution in [0.5, 0.6) is 0 Å². The summed E-state index contributed by atoms with van der Waals surface area (Å²) in [7, 11) is 0. The zero-order chi connectivity index (χ0) is 18.2. The number of alkyl carbamates (subject to hydrolysis) is 1. The Balaban J connectivity index is 1.75. The first-order valence-corrected chi connectivity index (χ1v) is 7.97. The molecule has 0 aliphatic heterocycles. The van der Waals surface area contributed by atoms with Gasteiger partial charge in [-0.15, -0.1) is 0 Å². The number of alkyl halides is 2. The summed E-state index contributed by atoms with van der Waals surface area (Å²) < 4.78 is 34.9. The van der Waals surface area contributed by atoms with Gasteiger partial charge in [0.25, 0.3) is 5.89 Å². The van der Waals surface area contributed by atoms with E-state index in [4.69, 9.17) is 4.74 Å². The molecule has 0 bridgehead atoms. The lowest BCUT2D eigenvalue weighted by Gasteiger charge is -2.22. The Hall–Kier alpha value is -2.51. The van der Waals surface area contributed by atoms with Crippen LogP contribution >= 0.6 is 0 Å². The normalized spacial score (nSPS) is 16.8. The minimum absolute atomic E-state index is 0.127. The largest absolute Gasteiger partial charge is 0.444 e. The van der Waals surface area contributed by atoms with Gasteiger partial charge in [-0.2, -0.15) is 13.8 Å². The van der Waals surface area contributed by atoms with E-state index < -0.39 is 24.0 Å². The molecular weight excluding hydrogens is 332 g/mol. The van der Waals surface area contributed by atoms with Gasteiger partial charge in [0.2, 0.25) is 5.82 Å². The van der Waals surface area contributed by atoms with Crippen LogP contribution < -0.4 is 5.32 Å². The second kappa shape index (κ2) is 6.42. The number of nitrogens with zero attached hydrogens (tertiary/aromatic N) is 2. The highest BCUT2D eigenvalue weighted by molar-refractivity contribution is 5.69. The molecule has 1 amide bonds. The van der Waals surface area contributed by atoms with Crippen molar-refractivity contribution in [3.63, 3.8) is 0 Å². The van der Waals surface area contributed by atoms with E-state index in [-0.39, 0.29) is 11.9 Å². The average Bonchev–Trinajstić information content (AvgIpc) is 3.12. The van der Waals surface area contributed by atoms with E-state index >= 15 is 0 Å². The van der Waals surface area contributed by atoms with E-state index in [9.17, 15) is 13.6 Å². The number of hydrogen-bond acceptors (Lipinski definition) is 5. The Bertz CT molecular complexity index is 784. The Kier molecular flexibility index (Phi) is 4.45. The van der Waals surface area contributed by atoms with E-state index in [1.54, 1.807) is 26.8 Å². The summed E-state index contributed by atoms with van der Waals surface area (Å²) in [5, 5.41) is 6.44. The van der Waals surface area contributed by atoms with Crippen molar-refractivity contribution >= 4 is 6.09 Å². The standard InChI is InChI=1S/C17H19F2N3O3/c1-17(2,3)24-16(23)20-12-7-5-9-8-10(4-6-11(9)12)14-21-15(13(18)19)25-22-14/h4,6,8,12-13H,5,7H2,1-3H3,(H,20,23)/t12-/m1/s1. The molecule has 6 nitrogen and oxygen atoms in total. The van der Waals surface area contributed by atoms with Crippen LogP contribution in [0.25, 0.3) is 11.4 Å². The van der Waals surface area contributed by atoms with Gasteiger partial charge in [-0.25, -0.2) is 4.79 Å². The Morgan fingerprint density at radius 3 is 2.80 bits per heavy atom. The SMILES string of the molecule is CC(C)(C)OC(=O)N[C@@H]1CCc2cc(-c3noc(C(F)F)n3)ccc21. The third kappa shape index (κ3) is 3.94. The number of halogens is 2. The van der Waals surface area contributed by atoms with Crippen molar-refractivity contribution in [2.75, 3.05) is 0 Å². The molecule has 1 aliphatic rings. The zero-order valence-electron chi connectivity index (χ0n) is 14.2. The predicted molar refractivity (Wildman–Crippen MR) is 85.1 cm³/mol. The van der Waals surface area contributed by atoms with Gasteiger partial charge >= 0.3 is 12.5 Å². The highest BCUT2D eigenvalue weighted by Gasteiger charge is 2.27. The van der Waals surface area contributed by atoms with Gasteiger partial charge in [0.15, 0.2) is 0 Å². The van der Waals surface area contributed by atoms with Crippen molar-refractivity contribution in [1.82, 2.24) is 15.5 Å². The lowest BCUT2D eigenvalue weighted by Crippen LogP contribution is -2.34. The molecule has 8 heteroatoms. The van der Waals surface area contributed by atoms with Crippen LogP contribution in [0.2, 0.25) is 0 Å². The number of rotatable bonds is 3. The van der Waals surface area contributed by atoms with Crippen molar-refractivity contribution in [3.8, 4) is 11.4 Å². The lowest BCUT2D eigenvalue weighted by atomic mass is 10.0. The van der Waals surface area contributed by atoms with E-state index in [0.29, 0.717) is 5.56 Å². The number of carbonyl (C=O) groups excluding carboxylic acids is 1. The minimum atomic E-state index is -2.79. The molecule has 134 valence electrons. The molecule has 1 N–H and O–H groups in total. The van der Waals surface area contributed by atoms with Crippen molar-refractivity contribution in [1.29, 1.82) is 0 Å². The molecule has 1 aliphatic carbocycles. The number of aromatic nitrogens is 2. The average molecular weight is 351 g/mol. The summed E-state index contributed by atoms with van der Waals surface area (Å²) in [4.78, 5) is 15.6. The Labute approximate surface area is 143 Å². The van der Waals surface area contributed by atoms with Crippen LogP contribution in [0.3, 0.4) is 0 Å². The summed E-state index contributed by atoms with van der Waals surface area (Å²) in [6, 6.07) is 5.28. The summed E-state index contributed by atoms with van der Waals surface area (Å²) >= 11 is 0. The van der Waals surface area contributed by atoms with Crippen molar-refractivity contribution in [3.05, 3.63) is 35.2 Å². The molecule has 1 aromatic carbocycles. The number of amides is 1. The summed E-state index contributed by atoms with van der Waals surface area (Å²) in [5.74, 6) is -0.568. The third-order valence-corrected chi connectivity index (χ3v) is 3.80. The number of nitrogens with one attached hydrogen (secondary N) is 1. The molecule has 2 aromatic rings. The number of fused-ring (bicyclic) bond motifs is 1. The second-order valence-electron chi connectivity index (χ2n) is 6.91. The third-order valence-electron chi connectivity index (χ3n) is 3.80. The van der Waals surface area contributed by atoms with Gasteiger partial charge in [-0.3, -0.25) is 0 Å². The number of ether oxygens (including phenoxy) is 1. The van der Waals surface area contributed by atoms with E-state index in [1.165, 1.54) is 0 Å². The van der Waals surface area contributed by atoms with Crippen molar-refractivity contribution < 1.29 is 22.8 Å². The monoisotopic (exact) mass is 351 g/mol. The summed E-state index contributed by atoms with van der Waals surface area (Å²) in [5.41, 5.74) is 2.04. The van der Waals surface area contributed by atoms with E-state index in [0.717, 1.165) is 24.0 Å². The van der Waals surface area contributed by atoms with Crippen LogP contribution in [0, 0.1) is 0 Å². The van der Waals surface area contributed by atoms with Crippen LogP contribution in [0.4, 0.5) is 13.6 Å². The maximum absolute atomic E-state index is 12.6. The maximum atomic E-state index is 12.6. The van der Waals surface area contributed by atoms with Gasteiger partial charge in [0.1, 0.15) is 5.60 Å². The van der Waals surface area contributed by atoms with Crippen LogP contribution in [-0.2, 0) is 11.2 Å². The molecule has 1 heterocycles. The molecule has 0 saturated heterocycles. The number of benzene rings is 1. The van der Waals surface area contributed by atoms with Gasteiger partial charge in [0.05, 0.1) is 6.04 Å². The first kappa shape index (κ1) is 17.3. The highest BCUT2D eigenvalue weighted by atomic mass is 19.3. The fourth-order valence-corrected chi connectivity index (χ4v) is 2.80. The molecule has 1 aromatic heterocycles. The molecule has 3 rings (SSSR count). The molecule has 25 heavy (non-hydrogen) atoms.